The van der Waals surface area contributed by atoms with Crippen LogP contribution in [-0.2, 0) is 57.2 Å². The molecule has 1 N–H and O–H groups in total. The van der Waals surface area contributed by atoms with Crippen LogP contribution in [0.3, 0.4) is 0 Å². The third kappa shape index (κ3) is 19.3. The number of allylic oxidation sites excluding steroid dienone is 2. The summed E-state index contributed by atoms with van der Waals surface area (Å²) in [6, 6.07) is 65.2. The molecule has 552 valence electrons. The highest BCUT2D eigenvalue weighted by molar-refractivity contribution is 7.86. The van der Waals surface area contributed by atoms with Crippen molar-refractivity contribution in [2.24, 2.45) is 53.3 Å². The fourth-order valence-electron chi connectivity index (χ4n) is 19.2. The number of carbonyl (C=O) groups is 5. The molecule has 105 heavy (non-hydrogen) atoms. The Bertz CT molecular complexity index is 4080. The third-order valence-corrected chi connectivity index (χ3v) is 24.8. The molecule has 20 rings (SSSR count). The van der Waals surface area contributed by atoms with Crippen LogP contribution in [0.2, 0.25) is 0 Å². The smallest absolute Gasteiger partial charge is 0.264 e. The number of nitriles is 2. The molecule has 2 saturated heterocycles. The second-order valence-electron chi connectivity index (χ2n) is 30.8. The zero-order valence-electron chi connectivity index (χ0n) is 60.5. The number of ketones is 4. The maximum absolute atomic E-state index is 12.1. The predicted octanol–water partition coefficient (Wildman–Crippen LogP) is 16.5. The highest BCUT2D eigenvalue weighted by atomic mass is 32.2. The zero-order valence-corrected chi connectivity index (χ0v) is 61.4. The number of hydrogen-bond acceptors (Lipinski definition) is 15. The first-order valence-corrected chi connectivity index (χ1v) is 40.3. The van der Waals surface area contributed by atoms with E-state index in [0.717, 1.165) is 138 Å². The second-order valence-corrected chi connectivity index (χ2v) is 32.4. The molecule has 12 fully saturated rings. The number of Topliss-reactive ketones (excluding diaryl/α,β-unsaturated/α-hetero) is 4. The van der Waals surface area contributed by atoms with Crippen LogP contribution in [0.5, 0.6) is 0 Å². The molecule has 6 aromatic rings. The summed E-state index contributed by atoms with van der Waals surface area (Å²) in [6.07, 6.45) is 22.4. The van der Waals surface area contributed by atoms with Gasteiger partial charge in [0.25, 0.3) is 10.1 Å². The molecule has 2 heterocycles. The van der Waals surface area contributed by atoms with Crippen molar-refractivity contribution in [1.29, 1.82) is 10.5 Å². The van der Waals surface area contributed by atoms with Gasteiger partial charge in [0, 0.05) is 93.3 Å². The summed E-state index contributed by atoms with van der Waals surface area (Å²) in [5.41, 5.74) is 8.25. The Morgan fingerprint density at radius 2 is 0.962 bits per heavy atom. The lowest BCUT2D eigenvalue weighted by atomic mass is 9.60. The molecule has 2 aliphatic heterocycles. The Kier molecular flexibility index (Phi) is 26.4. The van der Waals surface area contributed by atoms with Crippen molar-refractivity contribution in [2.75, 3.05) is 32.7 Å². The predicted molar refractivity (Wildman–Crippen MR) is 401 cm³/mol. The Morgan fingerprint density at radius 3 is 1.43 bits per heavy atom. The van der Waals surface area contributed by atoms with E-state index in [9.17, 15) is 48.0 Å². The van der Waals surface area contributed by atoms with Gasteiger partial charge in [-0.25, -0.2) is 0 Å². The SMILES string of the molecule is CS(=O)(=O)OC1C2CCC(CC2=O)C1c1ccccc1.N#CC(c1ccccc1)C1CCCC(=O)C1.N#CC(c1ccccc1)C1CCCC2(C1)OCCO2.O=C1CC2CCC1C(O)C2c1ccccc1.O=C1CC2CCC1C=C2c1ccccc1.O=CC(c1ccccc1)C1CCCC2(C1)OCCO2. The van der Waals surface area contributed by atoms with Crippen molar-refractivity contribution in [3.8, 4) is 12.1 Å². The molecule has 6 aromatic carbocycles. The van der Waals surface area contributed by atoms with E-state index in [4.69, 9.17) is 23.1 Å². The number of aliphatic hydroxyl groups is 1. The highest BCUT2D eigenvalue weighted by Crippen LogP contribution is 2.52. The number of benzene rings is 6. The normalized spacial score (nSPS) is 29.5. The van der Waals surface area contributed by atoms with Gasteiger partial charge in [-0.3, -0.25) is 23.4 Å². The maximum atomic E-state index is 12.1. The van der Waals surface area contributed by atoms with Gasteiger partial charge in [0.15, 0.2) is 11.6 Å². The summed E-state index contributed by atoms with van der Waals surface area (Å²) in [7, 11) is -3.56. The minimum Gasteiger partial charge on any atom is -0.392 e. The molecule has 0 aromatic heterocycles. The number of hydrogen-bond donors (Lipinski definition) is 1. The quantitative estimate of drug-likeness (QED) is 0.0886. The molecule has 14 aliphatic rings. The number of aliphatic hydroxyl groups excluding tert-OH is 1. The summed E-state index contributed by atoms with van der Waals surface area (Å²) in [5, 5.41) is 29.1. The van der Waals surface area contributed by atoms with E-state index < -0.39 is 33.9 Å². The van der Waals surface area contributed by atoms with Gasteiger partial charge in [0.05, 0.1) is 68.9 Å². The molecule has 2 spiro atoms. The Balaban J connectivity index is 0.000000119. The number of rotatable bonds is 12. The summed E-state index contributed by atoms with van der Waals surface area (Å²) in [5.74, 6) is 2.12. The van der Waals surface area contributed by atoms with Crippen molar-refractivity contribution in [3.05, 3.63) is 221 Å². The first-order chi connectivity index (χ1) is 51.0. The number of aldehydes is 1. The Hall–Kier alpha value is -7.90. The van der Waals surface area contributed by atoms with Gasteiger partial charge in [0.2, 0.25) is 0 Å². The van der Waals surface area contributed by atoms with E-state index >= 15 is 0 Å². The van der Waals surface area contributed by atoms with Crippen LogP contribution in [0.25, 0.3) is 5.57 Å². The summed E-state index contributed by atoms with van der Waals surface area (Å²) >= 11 is 0. The second kappa shape index (κ2) is 36.1. The van der Waals surface area contributed by atoms with E-state index in [1.54, 1.807) is 0 Å². The summed E-state index contributed by atoms with van der Waals surface area (Å²) in [4.78, 5) is 58.3. The Labute approximate surface area is 620 Å². The lowest BCUT2D eigenvalue weighted by molar-refractivity contribution is -0.188. The molecule has 6 bridgehead atoms. The van der Waals surface area contributed by atoms with E-state index in [2.05, 4.69) is 54.6 Å². The molecular weight excluding hydrogens is 1340 g/mol. The van der Waals surface area contributed by atoms with Gasteiger partial charge in [-0.1, -0.05) is 188 Å². The first kappa shape index (κ1) is 76.7. The minimum atomic E-state index is -3.56. The van der Waals surface area contributed by atoms with Crippen molar-refractivity contribution < 1.29 is 60.6 Å². The lowest BCUT2D eigenvalue weighted by Crippen LogP contribution is -2.49. The van der Waals surface area contributed by atoms with Crippen LogP contribution in [0.15, 0.2) is 188 Å². The average molecular weight is 1440 g/mol. The van der Waals surface area contributed by atoms with Crippen LogP contribution in [-0.4, -0.2) is 99.4 Å². The molecule has 16 heteroatoms. The average Bonchev–Trinajstić information content (AvgIpc) is 1.50. The molecule has 12 aliphatic carbocycles. The van der Waals surface area contributed by atoms with Crippen LogP contribution < -0.4 is 0 Å². The van der Waals surface area contributed by atoms with Crippen molar-refractivity contribution in [1.82, 2.24) is 0 Å². The number of ether oxygens (including phenoxy) is 4. The fourth-order valence-corrected chi connectivity index (χ4v) is 19.9. The fraction of sp³-hybridized carbons (Fsp3) is 0.494. The van der Waals surface area contributed by atoms with Gasteiger partial charge in [-0.15, -0.1) is 0 Å². The van der Waals surface area contributed by atoms with Gasteiger partial charge in [-0.2, -0.15) is 18.9 Å². The molecule has 0 amide bonds. The van der Waals surface area contributed by atoms with Crippen LogP contribution in [0.4, 0.5) is 0 Å². The Morgan fingerprint density at radius 1 is 0.505 bits per heavy atom. The van der Waals surface area contributed by atoms with Crippen LogP contribution in [0.1, 0.15) is 198 Å². The molecule has 16 unspecified atom stereocenters. The number of carbonyl (C=O) groups excluding carboxylic acids is 5. The highest BCUT2D eigenvalue weighted by Gasteiger charge is 2.52. The van der Waals surface area contributed by atoms with Crippen LogP contribution >= 0.6 is 0 Å². The molecule has 10 saturated carbocycles. The van der Waals surface area contributed by atoms with E-state index in [1.807, 2.05) is 146 Å². The molecule has 15 nitrogen and oxygen atoms in total. The standard InChI is InChI=1S/C16H19NO2.C16H20O3.C15H18O4S.C14H15NO.C14H16O2.C14H14O/c2*17-12-15(13-5-2-1-3-6-13)14-7-4-8-16(11-14)18-9-10-19-16;1-20(17,18)19-15-12-8-7-11(9-13(12)16)14(15)10-5-3-2-4-6-10;15-10-14(11-5-2-1-3-6-11)12-7-4-8-13(16)9-12;15-12-8-10-6-7-11(12)14(16)13(10)9-4-2-1-3-5-9;15-14-9-11-6-7-12(14)8-13(11)10-4-2-1-3-5-10/h1-3,5-6,14-15H,4,7-11H2;1-3,5-6,12,14-15H,4,7-11H2;2-6,11-12,14-15H,7-9H2,1H3;1-3,5-6,12,14H,4,7-9H2;1-5,10-11,13-14,16H,6-8H2;1-5,8,11-12H,6-7,9H2. The summed E-state index contributed by atoms with van der Waals surface area (Å²) < 4.78 is 51.6. The zero-order chi connectivity index (χ0) is 73.3. The lowest BCUT2D eigenvalue weighted by Gasteiger charge is -2.46. The number of nitrogens with zero attached hydrogens (tertiary/aromatic N) is 2. The molecule has 0 radical (unpaired) electrons. The van der Waals surface area contributed by atoms with Gasteiger partial charge >= 0.3 is 0 Å². The molecular formula is C89H102N2O13S. The third-order valence-electron chi connectivity index (χ3n) is 24.2. The van der Waals surface area contributed by atoms with Gasteiger partial charge in [-0.05, 0) is 152 Å². The monoisotopic (exact) mass is 1440 g/mol. The maximum Gasteiger partial charge on any atom is 0.264 e. The first-order valence-electron chi connectivity index (χ1n) is 38.5. The van der Waals surface area contributed by atoms with E-state index in [0.29, 0.717) is 87.3 Å². The van der Waals surface area contributed by atoms with E-state index in [1.165, 1.54) is 23.1 Å². The molecule has 16 atom stereocenters. The van der Waals surface area contributed by atoms with Crippen molar-refractivity contribution >= 4 is 45.1 Å². The topological polar surface area (TPSA) is 233 Å². The summed E-state index contributed by atoms with van der Waals surface area (Å²) in [6.45, 7) is 2.75. The van der Waals surface area contributed by atoms with Crippen molar-refractivity contribution in [3.63, 3.8) is 0 Å². The minimum absolute atomic E-state index is 0.00220. The van der Waals surface area contributed by atoms with Crippen molar-refractivity contribution in [2.45, 2.75) is 188 Å². The van der Waals surface area contributed by atoms with Gasteiger partial charge < -0.3 is 28.8 Å². The number of fused-ring (bicyclic) bond motifs is 8. The van der Waals surface area contributed by atoms with Crippen LogP contribution in [0, 0.1) is 75.9 Å². The van der Waals surface area contributed by atoms with E-state index in [-0.39, 0.29) is 70.7 Å². The largest absolute Gasteiger partial charge is 0.392 e. The van der Waals surface area contributed by atoms with Gasteiger partial charge in [0.1, 0.15) is 29.4 Å².